The monoisotopic (exact) mass is 404 g/mol. The van der Waals surface area contributed by atoms with Gasteiger partial charge in [-0.15, -0.1) is 0 Å². The van der Waals surface area contributed by atoms with Crippen molar-refractivity contribution in [1.82, 2.24) is 0 Å². The maximum absolute atomic E-state index is 2.62. The highest BCUT2D eigenvalue weighted by molar-refractivity contribution is 5.42. The van der Waals surface area contributed by atoms with E-state index < -0.39 is 0 Å². The highest BCUT2D eigenvalue weighted by Gasteiger charge is 2.53. The van der Waals surface area contributed by atoms with E-state index in [0.29, 0.717) is 16.7 Å². The summed E-state index contributed by atoms with van der Waals surface area (Å²) in [6.45, 7) is 12.2. The van der Waals surface area contributed by atoms with Crippen LogP contribution in [0.3, 0.4) is 0 Å². The van der Waals surface area contributed by atoms with Crippen LogP contribution >= 0.6 is 0 Å². The van der Waals surface area contributed by atoms with Crippen molar-refractivity contribution in [2.75, 3.05) is 20.6 Å². The number of hydrogen-bond acceptors (Lipinski definition) is 0. The van der Waals surface area contributed by atoms with E-state index in [1.165, 1.54) is 49.8 Å². The Morgan fingerprint density at radius 1 is 1.00 bits per heavy atom. The first-order valence-electron chi connectivity index (χ1n) is 12.1. The molecule has 0 bridgehead atoms. The predicted molar refractivity (Wildman–Crippen MR) is 129 cm³/mol. The number of aryl methyl sites for hydroxylation is 1. The summed E-state index contributed by atoms with van der Waals surface area (Å²) in [5.74, 6) is 1.40. The minimum atomic E-state index is 0.336. The van der Waals surface area contributed by atoms with Crippen LogP contribution in [0, 0.1) is 11.3 Å². The number of hydrogen-bond donors (Lipinski definition) is 0. The van der Waals surface area contributed by atoms with Crippen LogP contribution < -0.4 is 0 Å². The van der Waals surface area contributed by atoms with Gasteiger partial charge in [-0.05, 0) is 59.6 Å². The first kappa shape index (κ1) is 21.6. The molecule has 0 unspecified atom stereocenters. The van der Waals surface area contributed by atoms with Crippen molar-refractivity contribution in [3.8, 4) is 0 Å². The Bertz CT molecular complexity index is 880. The van der Waals surface area contributed by atoms with Crippen LogP contribution in [0.4, 0.5) is 0 Å². The molecule has 0 heterocycles. The number of nitrogens with zero attached hydrogens (tertiary/aromatic N) is 1. The summed E-state index contributed by atoms with van der Waals surface area (Å²) in [6, 6.07) is 18.5. The fraction of sp³-hybridized carbons (Fsp3) is 0.586. The summed E-state index contributed by atoms with van der Waals surface area (Å²) in [6.07, 6.45) is 6.71. The molecule has 2 aliphatic carbocycles. The molecule has 0 amide bonds. The van der Waals surface area contributed by atoms with E-state index >= 15 is 0 Å². The molecule has 2 aromatic rings. The predicted octanol–water partition coefficient (Wildman–Crippen LogP) is 7.10. The highest BCUT2D eigenvalue weighted by atomic mass is 15.3. The Balaban J connectivity index is 1.61. The topological polar surface area (TPSA) is 0 Å². The van der Waals surface area contributed by atoms with Gasteiger partial charge in [0.25, 0.3) is 0 Å². The van der Waals surface area contributed by atoms with Gasteiger partial charge in [-0.1, -0.05) is 82.6 Å². The molecule has 0 spiro atoms. The van der Waals surface area contributed by atoms with Gasteiger partial charge in [0.1, 0.15) is 6.54 Å². The number of rotatable bonds is 5. The summed E-state index contributed by atoms with van der Waals surface area (Å²) in [5, 5.41) is 0. The Kier molecular flexibility index (Phi) is 5.64. The van der Waals surface area contributed by atoms with E-state index in [2.05, 4.69) is 90.3 Å². The second-order valence-electron chi connectivity index (χ2n) is 11.8. The average molecular weight is 405 g/mol. The lowest BCUT2D eigenvalue weighted by Crippen LogP contribution is -2.56. The minimum absolute atomic E-state index is 0.336. The standard InChI is InChI=1S/C29H42N/c1-22(2)24-13-15-26-25(19-24)14-16-27-28(3,17-10-18-29(26,27)4)21-30(5,6)20-23-11-8-7-9-12-23/h7-9,11-13,15,19,22,27H,10,14,16-18,20-21H2,1-6H3/q+1/t27-,28+,29+/m0/s1. The van der Waals surface area contributed by atoms with Gasteiger partial charge < -0.3 is 4.48 Å². The van der Waals surface area contributed by atoms with E-state index in [1.54, 1.807) is 11.1 Å². The molecule has 2 aromatic carbocycles. The second-order valence-corrected chi connectivity index (χ2v) is 11.8. The fourth-order valence-electron chi connectivity index (χ4n) is 7.30. The van der Waals surface area contributed by atoms with Crippen LogP contribution in [0.2, 0.25) is 0 Å². The first-order chi connectivity index (χ1) is 14.1. The van der Waals surface area contributed by atoms with Crippen molar-refractivity contribution >= 4 is 0 Å². The molecule has 0 radical (unpaired) electrons. The molecular weight excluding hydrogens is 362 g/mol. The molecule has 0 aromatic heterocycles. The third-order valence-corrected chi connectivity index (χ3v) is 8.41. The van der Waals surface area contributed by atoms with Crippen molar-refractivity contribution in [2.45, 2.75) is 77.7 Å². The van der Waals surface area contributed by atoms with E-state index in [0.717, 1.165) is 16.9 Å². The minimum Gasteiger partial charge on any atom is -0.324 e. The van der Waals surface area contributed by atoms with Crippen molar-refractivity contribution in [3.05, 3.63) is 70.8 Å². The zero-order valence-electron chi connectivity index (χ0n) is 20.2. The van der Waals surface area contributed by atoms with Gasteiger partial charge in [0.2, 0.25) is 0 Å². The molecule has 2 aliphatic rings. The second kappa shape index (κ2) is 7.83. The Hall–Kier alpha value is -1.60. The third-order valence-electron chi connectivity index (χ3n) is 8.41. The molecule has 1 heteroatoms. The molecule has 4 rings (SSSR count). The molecule has 0 N–H and O–H groups in total. The van der Waals surface area contributed by atoms with Gasteiger partial charge >= 0.3 is 0 Å². The lowest BCUT2D eigenvalue weighted by Gasteiger charge is -2.56. The Morgan fingerprint density at radius 3 is 2.43 bits per heavy atom. The summed E-state index contributed by atoms with van der Waals surface area (Å²) >= 11 is 0. The molecule has 30 heavy (non-hydrogen) atoms. The van der Waals surface area contributed by atoms with Crippen molar-refractivity contribution in [2.24, 2.45) is 11.3 Å². The summed E-state index contributed by atoms with van der Waals surface area (Å²) < 4.78 is 1.08. The van der Waals surface area contributed by atoms with Gasteiger partial charge in [0.15, 0.2) is 0 Å². The lowest BCUT2D eigenvalue weighted by molar-refractivity contribution is -0.910. The van der Waals surface area contributed by atoms with Crippen molar-refractivity contribution < 1.29 is 4.48 Å². The van der Waals surface area contributed by atoms with Crippen molar-refractivity contribution in [3.63, 3.8) is 0 Å². The van der Waals surface area contributed by atoms with Crippen LogP contribution in [0.1, 0.15) is 81.5 Å². The van der Waals surface area contributed by atoms with Gasteiger partial charge in [-0.3, -0.25) is 0 Å². The molecule has 162 valence electrons. The van der Waals surface area contributed by atoms with Crippen LogP contribution in [0.5, 0.6) is 0 Å². The SMILES string of the molecule is CC(C)c1ccc2c(c1)CC[C@H]1[C@@](C)(C[N+](C)(C)Cc3ccccc3)CCC[C@]21C. The van der Waals surface area contributed by atoms with Crippen LogP contribution in [-0.2, 0) is 18.4 Å². The van der Waals surface area contributed by atoms with E-state index in [4.69, 9.17) is 0 Å². The lowest BCUT2D eigenvalue weighted by atomic mass is 9.49. The van der Waals surface area contributed by atoms with Crippen LogP contribution in [0.25, 0.3) is 0 Å². The molecular formula is C29H42N+. The molecule has 1 nitrogen and oxygen atoms in total. The molecule has 0 aliphatic heterocycles. The zero-order chi connectivity index (χ0) is 21.6. The average Bonchev–Trinajstić information content (AvgIpc) is 2.67. The quantitative estimate of drug-likeness (QED) is 0.466. The molecule has 3 atom stereocenters. The summed E-state index contributed by atoms with van der Waals surface area (Å²) in [7, 11) is 4.88. The number of fused-ring (bicyclic) bond motifs is 3. The summed E-state index contributed by atoms with van der Waals surface area (Å²) in [4.78, 5) is 0. The van der Waals surface area contributed by atoms with Gasteiger partial charge in [0, 0.05) is 11.0 Å². The smallest absolute Gasteiger partial charge is 0.104 e. The zero-order valence-corrected chi connectivity index (χ0v) is 20.2. The third kappa shape index (κ3) is 3.98. The van der Waals surface area contributed by atoms with Gasteiger partial charge in [-0.2, -0.15) is 0 Å². The molecule has 1 fully saturated rings. The van der Waals surface area contributed by atoms with Gasteiger partial charge in [-0.25, -0.2) is 0 Å². The normalized spacial score (nSPS) is 28.8. The van der Waals surface area contributed by atoms with E-state index in [1.807, 2.05) is 0 Å². The maximum Gasteiger partial charge on any atom is 0.104 e. The number of quaternary nitrogens is 1. The summed E-state index contributed by atoms with van der Waals surface area (Å²) in [5.41, 5.74) is 7.02. The first-order valence-corrected chi connectivity index (χ1v) is 12.1. The molecule has 0 saturated heterocycles. The van der Waals surface area contributed by atoms with Crippen LogP contribution in [-0.4, -0.2) is 25.1 Å². The maximum atomic E-state index is 2.62. The Labute approximate surface area is 185 Å². The fourth-order valence-corrected chi connectivity index (χ4v) is 7.30. The van der Waals surface area contributed by atoms with Crippen molar-refractivity contribution in [1.29, 1.82) is 0 Å². The Morgan fingerprint density at radius 2 is 1.73 bits per heavy atom. The highest BCUT2D eigenvalue weighted by Crippen LogP contribution is 2.57. The molecule has 1 saturated carbocycles. The largest absolute Gasteiger partial charge is 0.324 e. The van der Waals surface area contributed by atoms with Crippen LogP contribution in [0.15, 0.2) is 48.5 Å². The van der Waals surface area contributed by atoms with E-state index in [9.17, 15) is 0 Å². The van der Waals surface area contributed by atoms with E-state index in [-0.39, 0.29) is 0 Å². The number of benzene rings is 2. The van der Waals surface area contributed by atoms with Gasteiger partial charge in [0.05, 0.1) is 20.6 Å².